The minimum Gasteiger partial charge on any atom is -0.399 e. The van der Waals surface area contributed by atoms with Gasteiger partial charge < -0.3 is 5.73 Å². The molecule has 2 heterocycles. The summed E-state index contributed by atoms with van der Waals surface area (Å²) < 4.78 is 41.3. The largest absolute Gasteiger partial charge is 0.416 e. The summed E-state index contributed by atoms with van der Waals surface area (Å²) in [6.45, 7) is 0. The highest BCUT2D eigenvalue weighted by Gasteiger charge is 2.30. The summed E-state index contributed by atoms with van der Waals surface area (Å²) in [6, 6.07) is 9.47. The Morgan fingerprint density at radius 3 is 2.38 bits per heavy atom. The van der Waals surface area contributed by atoms with Crippen molar-refractivity contribution < 1.29 is 13.2 Å². The second kappa shape index (κ2) is 5.35. The molecule has 2 N–H and O–H groups in total. The van der Waals surface area contributed by atoms with Gasteiger partial charge in [0.05, 0.1) is 16.5 Å². The third-order valence-electron chi connectivity index (χ3n) is 4.23. The number of hydrogen-bond donors (Lipinski definition) is 1. The number of benzene rings is 2. The smallest absolute Gasteiger partial charge is 0.399 e. The molecule has 0 atom stereocenters. The van der Waals surface area contributed by atoms with Gasteiger partial charge in [-0.2, -0.15) is 18.3 Å². The summed E-state index contributed by atoms with van der Waals surface area (Å²) in [6.07, 6.45) is -2.85. The zero-order valence-corrected chi connectivity index (χ0v) is 13.6. The van der Waals surface area contributed by atoms with Crippen LogP contribution in [0.5, 0.6) is 0 Å². The van der Waals surface area contributed by atoms with Gasteiger partial charge in [-0.3, -0.25) is 14.0 Å². The van der Waals surface area contributed by atoms with Gasteiger partial charge in [0.15, 0.2) is 0 Å². The average molecular weight is 358 g/mol. The van der Waals surface area contributed by atoms with Crippen LogP contribution in [0.15, 0.2) is 53.5 Å². The van der Waals surface area contributed by atoms with Crippen molar-refractivity contribution in [2.45, 2.75) is 6.18 Å². The molecule has 0 bridgehead atoms. The minimum absolute atomic E-state index is 0.337. The third-order valence-corrected chi connectivity index (χ3v) is 4.23. The van der Waals surface area contributed by atoms with Crippen molar-refractivity contribution in [3.05, 3.63) is 64.6 Å². The van der Waals surface area contributed by atoms with Crippen LogP contribution in [0.4, 0.5) is 18.9 Å². The van der Waals surface area contributed by atoms with E-state index in [1.54, 1.807) is 31.4 Å². The Morgan fingerprint density at radius 1 is 1.04 bits per heavy atom. The Balaban J connectivity index is 2.08. The van der Waals surface area contributed by atoms with Gasteiger partial charge in [-0.25, -0.2) is 0 Å². The molecule has 0 amide bonds. The maximum absolute atomic E-state index is 13.0. The van der Waals surface area contributed by atoms with Gasteiger partial charge in [0, 0.05) is 30.0 Å². The Labute approximate surface area is 145 Å². The summed E-state index contributed by atoms with van der Waals surface area (Å²) in [4.78, 5) is 13.0. The number of nitrogens with two attached hydrogens (primary N) is 1. The number of aryl methyl sites for hydroxylation is 1. The third kappa shape index (κ3) is 2.42. The van der Waals surface area contributed by atoms with E-state index >= 15 is 0 Å². The lowest BCUT2D eigenvalue weighted by molar-refractivity contribution is -0.137. The molecule has 26 heavy (non-hydrogen) atoms. The van der Waals surface area contributed by atoms with Crippen molar-refractivity contribution in [2.75, 3.05) is 5.73 Å². The fourth-order valence-electron chi connectivity index (χ4n) is 3.07. The molecule has 2 aromatic heterocycles. The molecule has 5 nitrogen and oxygen atoms in total. The van der Waals surface area contributed by atoms with Gasteiger partial charge in [0.2, 0.25) is 0 Å². The molecule has 0 saturated heterocycles. The van der Waals surface area contributed by atoms with E-state index in [9.17, 15) is 18.0 Å². The quantitative estimate of drug-likeness (QED) is 0.530. The molecule has 132 valence electrons. The normalized spacial score (nSPS) is 12.2. The SMILES string of the molecule is Cn1cc2c(=O)n(-c3ccc(C(F)(F)F)cc3)c3ccc(N)cc3c2n1. The van der Waals surface area contributed by atoms with E-state index in [-0.39, 0.29) is 5.56 Å². The number of pyridine rings is 1. The first-order valence-corrected chi connectivity index (χ1v) is 7.71. The van der Waals surface area contributed by atoms with E-state index < -0.39 is 11.7 Å². The average Bonchev–Trinajstić information content (AvgIpc) is 2.98. The molecular formula is C18H13F3N4O. The molecule has 0 aliphatic carbocycles. The lowest BCUT2D eigenvalue weighted by Crippen LogP contribution is -2.19. The molecule has 0 aliphatic heterocycles. The lowest BCUT2D eigenvalue weighted by Gasteiger charge is -2.13. The van der Waals surface area contributed by atoms with Crippen LogP contribution in [0, 0.1) is 0 Å². The molecular weight excluding hydrogens is 345 g/mol. The monoisotopic (exact) mass is 358 g/mol. The van der Waals surface area contributed by atoms with Gasteiger partial charge in [-0.05, 0) is 42.5 Å². The summed E-state index contributed by atoms with van der Waals surface area (Å²) in [5, 5.41) is 5.34. The van der Waals surface area contributed by atoms with Crippen molar-refractivity contribution >= 4 is 27.5 Å². The predicted octanol–water partition coefficient (Wildman–Crippen LogP) is 3.48. The molecule has 2 aromatic carbocycles. The number of aromatic nitrogens is 3. The summed E-state index contributed by atoms with van der Waals surface area (Å²) in [7, 11) is 1.69. The molecule has 0 spiro atoms. The predicted molar refractivity (Wildman–Crippen MR) is 93.2 cm³/mol. The molecule has 4 aromatic rings. The van der Waals surface area contributed by atoms with Gasteiger partial charge in [0.1, 0.15) is 5.52 Å². The van der Waals surface area contributed by atoms with Crippen LogP contribution < -0.4 is 11.3 Å². The lowest BCUT2D eigenvalue weighted by atomic mass is 10.1. The van der Waals surface area contributed by atoms with E-state index in [0.717, 1.165) is 12.1 Å². The van der Waals surface area contributed by atoms with Gasteiger partial charge in [-0.15, -0.1) is 0 Å². The van der Waals surface area contributed by atoms with Crippen LogP contribution in [0.25, 0.3) is 27.5 Å². The zero-order chi connectivity index (χ0) is 18.6. The maximum atomic E-state index is 13.0. The van der Waals surface area contributed by atoms with E-state index in [0.29, 0.717) is 33.2 Å². The Hall–Kier alpha value is -3.29. The number of halogens is 3. The van der Waals surface area contributed by atoms with E-state index in [1.165, 1.54) is 21.4 Å². The van der Waals surface area contributed by atoms with Gasteiger partial charge >= 0.3 is 6.18 Å². The minimum atomic E-state index is -4.44. The van der Waals surface area contributed by atoms with Gasteiger partial charge in [0.25, 0.3) is 5.56 Å². The first-order chi connectivity index (χ1) is 12.3. The van der Waals surface area contributed by atoms with Gasteiger partial charge in [-0.1, -0.05) is 0 Å². The molecule has 4 rings (SSSR count). The summed E-state index contributed by atoms with van der Waals surface area (Å²) in [5.74, 6) is 0. The molecule has 0 unspecified atom stereocenters. The van der Waals surface area contributed by atoms with Crippen LogP contribution in [0.2, 0.25) is 0 Å². The molecule has 8 heteroatoms. The molecule has 0 aliphatic rings. The number of fused-ring (bicyclic) bond motifs is 3. The van der Waals surface area contributed by atoms with Crippen LogP contribution in [0.3, 0.4) is 0 Å². The fourth-order valence-corrected chi connectivity index (χ4v) is 3.07. The van der Waals surface area contributed by atoms with Crippen molar-refractivity contribution in [1.29, 1.82) is 0 Å². The molecule has 0 saturated carbocycles. The number of rotatable bonds is 1. The number of anilines is 1. The second-order valence-electron chi connectivity index (χ2n) is 6.03. The maximum Gasteiger partial charge on any atom is 0.416 e. The van der Waals surface area contributed by atoms with Crippen LogP contribution in [0.1, 0.15) is 5.56 Å². The van der Waals surface area contributed by atoms with Crippen molar-refractivity contribution in [1.82, 2.24) is 14.3 Å². The highest BCUT2D eigenvalue weighted by atomic mass is 19.4. The van der Waals surface area contributed by atoms with Crippen LogP contribution in [-0.2, 0) is 13.2 Å². The number of nitrogens with zero attached hydrogens (tertiary/aromatic N) is 3. The van der Waals surface area contributed by atoms with E-state index in [2.05, 4.69) is 5.10 Å². The molecule has 0 radical (unpaired) electrons. The van der Waals surface area contributed by atoms with Crippen molar-refractivity contribution in [3.63, 3.8) is 0 Å². The fraction of sp³-hybridized carbons (Fsp3) is 0.111. The number of alkyl halides is 3. The Bertz CT molecular complexity index is 1200. The van der Waals surface area contributed by atoms with Crippen molar-refractivity contribution in [2.24, 2.45) is 7.05 Å². The first kappa shape index (κ1) is 16.2. The number of nitrogen functional groups attached to an aromatic ring is 1. The molecule has 0 fully saturated rings. The summed E-state index contributed by atoms with van der Waals surface area (Å²) in [5.41, 5.74) is 6.60. The topological polar surface area (TPSA) is 65.8 Å². The number of hydrogen-bond acceptors (Lipinski definition) is 3. The highest BCUT2D eigenvalue weighted by molar-refractivity contribution is 6.04. The van der Waals surface area contributed by atoms with Crippen molar-refractivity contribution in [3.8, 4) is 5.69 Å². The Morgan fingerprint density at radius 2 is 1.73 bits per heavy atom. The standard InChI is InChI=1S/C18H13F3N4O/c1-24-9-14-16(23-24)13-8-11(22)4-7-15(13)25(17(14)26)12-5-2-10(3-6-12)18(19,20)21/h2-9H,22H2,1H3. The summed E-state index contributed by atoms with van der Waals surface area (Å²) >= 11 is 0. The highest BCUT2D eigenvalue weighted by Crippen LogP contribution is 2.30. The van der Waals surface area contributed by atoms with Crippen LogP contribution in [-0.4, -0.2) is 14.3 Å². The first-order valence-electron chi connectivity index (χ1n) is 7.71. The Kier molecular flexibility index (Phi) is 3.33. The second-order valence-corrected chi connectivity index (χ2v) is 6.03. The van der Waals surface area contributed by atoms with E-state index in [4.69, 9.17) is 5.73 Å². The van der Waals surface area contributed by atoms with E-state index in [1.807, 2.05) is 0 Å². The van der Waals surface area contributed by atoms with Crippen LogP contribution >= 0.6 is 0 Å². The zero-order valence-electron chi connectivity index (χ0n) is 13.6.